The minimum atomic E-state index is -0.150. The van der Waals surface area contributed by atoms with E-state index in [2.05, 4.69) is 57.3 Å². The van der Waals surface area contributed by atoms with Crippen LogP contribution in [-0.4, -0.2) is 18.8 Å². The zero-order valence-electron chi connectivity index (χ0n) is 14.1. The Morgan fingerprint density at radius 1 is 1.29 bits per heavy atom. The van der Waals surface area contributed by atoms with Crippen molar-refractivity contribution in [3.8, 4) is 0 Å². The molecule has 2 unspecified atom stereocenters. The van der Waals surface area contributed by atoms with Gasteiger partial charge in [0.25, 0.3) is 0 Å². The van der Waals surface area contributed by atoms with E-state index in [9.17, 15) is 0 Å². The average Bonchev–Trinajstić information content (AvgIpc) is 2.43. The van der Waals surface area contributed by atoms with Gasteiger partial charge in [0.1, 0.15) is 0 Å². The first-order valence-electron chi connectivity index (χ1n) is 8.61. The third-order valence-corrected chi connectivity index (χ3v) is 5.02. The predicted molar refractivity (Wildman–Crippen MR) is 89.8 cm³/mol. The van der Waals surface area contributed by atoms with Crippen LogP contribution in [-0.2, 0) is 4.74 Å². The smallest absolute Gasteiger partial charge is 0.0845 e. The molecule has 0 saturated heterocycles. The summed E-state index contributed by atoms with van der Waals surface area (Å²) in [7, 11) is 0. The SMILES string of the molecule is CCNC(c1cccc(C2CCC2)c1)C(C)(CC)OCC. The Morgan fingerprint density at radius 3 is 2.57 bits per heavy atom. The van der Waals surface area contributed by atoms with Crippen molar-refractivity contribution in [2.45, 2.75) is 70.9 Å². The van der Waals surface area contributed by atoms with E-state index < -0.39 is 0 Å². The molecule has 0 spiro atoms. The molecule has 2 atom stereocenters. The fourth-order valence-corrected chi connectivity index (χ4v) is 3.34. The summed E-state index contributed by atoms with van der Waals surface area (Å²) in [6.45, 7) is 10.4. The van der Waals surface area contributed by atoms with Crippen LogP contribution in [0.15, 0.2) is 24.3 Å². The van der Waals surface area contributed by atoms with Crippen molar-refractivity contribution in [2.24, 2.45) is 0 Å². The molecule has 1 aliphatic carbocycles. The number of nitrogens with one attached hydrogen (secondary N) is 1. The zero-order valence-corrected chi connectivity index (χ0v) is 14.1. The zero-order chi connectivity index (χ0) is 15.3. The van der Waals surface area contributed by atoms with Crippen molar-refractivity contribution < 1.29 is 4.74 Å². The van der Waals surface area contributed by atoms with E-state index in [0.29, 0.717) is 0 Å². The number of benzene rings is 1. The highest BCUT2D eigenvalue weighted by Crippen LogP contribution is 2.39. The maximum absolute atomic E-state index is 6.13. The topological polar surface area (TPSA) is 21.3 Å². The van der Waals surface area contributed by atoms with E-state index in [1.54, 1.807) is 0 Å². The van der Waals surface area contributed by atoms with Gasteiger partial charge in [-0.15, -0.1) is 0 Å². The maximum atomic E-state index is 6.13. The van der Waals surface area contributed by atoms with E-state index in [4.69, 9.17) is 4.74 Å². The first kappa shape index (κ1) is 16.5. The van der Waals surface area contributed by atoms with Gasteiger partial charge in [-0.3, -0.25) is 0 Å². The highest BCUT2D eigenvalue weighted by molar-refractivity contribution is 5.31. The minimum Gasteiger partial charge on any atom is -0.374 e. The van der Waals surface area contributed by atoms with Gasteiger partial charge in [0.15, 0.2) is 0 Å². The Bertz CT molecular complexity index is 441. The molecule has 0 radical (unpaired) electrons. The maximum Gasteiger partial charge on any atom is 0.0845 e. The third-order valence-electron chi connectivity index (χ3n) is 5.02. The molecule has 1 aromatic rings. The molecule has 1 aliphatic rings. The van der Waals surface area contributed by atoms with E-state index in [-0.39, 0.29) is 11.6 Å². The summed E-state index contributed by atoms with van der Waals surface area (Å²) in [5.74, 6) is 0.784. The fraction of sp³-hybridized carbons (Fsp3) is 0.684. The molecule has 1 aromatic carbocycles. The fourth-order valence-electron chi connectivity index (χ4n) is 3.34. The van der Waals surface area contributed by atoms with Crippen molar-refractivity contribution in [2.75, 3.05) is 13.2 Å². The molecule has 0 heterocycles. The van der Waals surface area contributed by atoms with E-state index in [0.717, 1.165) is 25.5 Å². The summed E-state index contributed by atoms with van der Waals surface area (Å²) < 4.78 is 6.13. The van der Waals surface area contributed by atoms with Crippen LogP contribution in [0.1, 0.15) is 76.5 Å². The van der Waals surface area contributed by atoms with Crippen molar-refractivity contribution in [1.29, 1.82) is 0 Å². The first-order valence-corrected chi connectivity index (χ1v) is 8.61. The molecule has 2 nitrogen and oxygen atoms in total. The van der Waals surface area contributed by atoms with Gasteiger partial charge < -0.3 is 10.1 Å². The monoisotopic (exact) mass is 289 g/mol. The van der Waals surface area contributed by atoms with Crippen LogP contribution in [0.4, 0.5) is 0 Å². The van der Waals surface area contributed by atoms with Crippen LogP contribution < -0.4 is 5.32 Å². The summed E-state index contributed by atoms with van der Waals surface area (Å²) in [4.78, 5) is 0. The first-order chi connectivity index (χ1) is 10.1. The lowest BCUT2D eigenvalue weighted by Crippen LogP contribution is -2.43. The lowest BCUT2D eigenvalue weighted by atomic mass is 9.78. The van der Waals surface area contributed by atoms with Gasteiger partial charge in [0.05, 0.1) is 11.6 Å². The average molecular weight is 289 g/mol. The van der Waals surface area contributed by atoms with Crippen LogP contribution in [0.3, 0.4) is 0 Å². The second-order valence-electron chi connectivity index (χ2n) is 6.39. The van der Waals surface area contributed by atoms with E-state index >= 15 is 0 Å². The number of likely N-dealkylation sites (N-methyl/N-ethyl adjacent to an activating group) is 1. The summed E-state index contributed by atoms with van der Waals surface area (Å²) in [6, 6.07) is 9.43. The predicted octanol–water partition coefficient (Wildman–Crippen LogP) is 4.81. The van der Waals surface area contributed by atoms with Gasteiger partial charge in [-0.25, -0.2) is 0 Å². The van der Waals surface area contributed by atoms with Crippen molar-refractivity contribution in [3.63, 3.8) is 0 Å². The number of hydrogen-bond donors (Lipinski definition) is 1. The highest BCUT2D eigenvalue weighted by atomic mass is 16.5. The summed E-state index contributed by atoms with van der Waals surface area (Å²) in [5, 5.41) is 3.65. The Labute approximate surface area is 130 Å². The Balaban J connectivity index is 2.28. The standard InChI is InChI=1S/C19H31NO/c1-5-19(4,21-7-3)18(20-6-2)17-13-9-12-16(14-17)15-10-8-11-15/h9,12-15,18,20H,5-8,10-11H2,1-4H3. The van der Waals surface area contributed by atoms with Gasteiger partial charge >= 0.3 is 0 Å². The quantitative estimate of drug-likeness (QED) is 0.741. The van der Waals surface area contributed by atoms with Crippen molar-refractivity contribution in [3.05, 3.63) is 35.4 Å². The normalized spacial score (nSPS) is 19.8. The minimum absolute atomic E-state index is 0.150. The van der Waals surface area contributed by atoms with Gasteiger partial charge in [0.2, 0.25) is 0 Å². The molecule has 118 valence electrons. The van der Waals surface area contributed by atoms with Crippen LogP contribution in [0.5, 0.6) is 0 Å². The molecule has 0 bridgehead atoms. The summed E-state index contributed by atoms with van der Waals surface area (Å²) >= 11 is 0. The highest BCUT2D eigenvalue weighted by Gasteiger charge is 2.34. The van der Waals surface area contributed by atoms with Gasteiger partial charge in [-0.2, -0.15) is 0 Å². The molecule has 0 amide bonds. The molecule has 21 heavy (non-hydrogen) atoms. The van der Waals surface area contributed by atoms with Gasteiger partial charge in [-0.1, -0.05) is 44.5 Å². The second kappa shape index (κ2) is 7.42. The van der Waals surface area contributed by atoms with Gasteiger partial charge in [0, 0.05) is 6.61 Å². The van der Waals surface area contributed by atoms with Crippen LogP contribution in [0.25, 0.3) is 0 Å². The number of ether oxygens (including phenoxy) is 1. The summed E-state index contributed by atoms with van der Waals surface area (Å²) in [6.07, 6.45) is 5.10. The van der Waals surface area contributed by atoms with Crippen molar-refractivity contribution in [1.82, 2.24) is 5.32 Å². The Kier molecular flexibility index (Phi) is 5.83. The third kappa shape index (κ3) is 3.67. The summed E-state index contributed by atoms with van der Waals surface area (Å²) in [5.41, 5.74) is 2.74. The lowest BCUT2D eigenvalue weighted by molar-refractivity contribution is -0.0560. The number of hydrogen-bond acceptors (Lipinski definition) is 2. The van der Waals surface area contributed by atoms with Crippen molar-refractivity contribution >= 4 is 0 Å². The van der Waals surface area contributed by atoms with E-state index in [1.165, 1.54) is 30.4 Å². The molecule has 1 saturated carbocycles. The van der Waals surface area contributed by atoms with Crippen LogP contribution in [0, 0.1) is 0 Å². The van der Waals surface area contributed by atoms with Crippen LogP contribution in [0.2, 0.25) is 0 Å². The molecular formula is C19H31NO. The second-order valence-corrected chi connectivity index (χ2v) is 6.39. The largest absolute Gasteiger partial charge is 0.374 e. The molecular weight excluding hydrogens is 258 g/mol. The molecule has 2 heteroatoms. The molecule has 1 N–H and O–H groups in total. The molecule has 0 aliphatic heterocycles. The Hall–Kier alpha value is -0.860. The van der Waals surface area contributed by atoms with Gasteiger partial charge in [-0.05, 0) is 56.7 Å². The van der Waals surface area contributed by atoms with Crippen LogP contribution >= 0.6 is 0 Å². The molecule has 2 rings (SSSR count). The molecule has 1 fully saturated rings. The van der Waals surface area contributed by atoms with E-state index in [1.807, 2.05) is 0 Å². The molecule has 0 aromatic heterocycles. The lowest BCUT2D eigenvalue weighted by Gasteiger charge is -2.38. The number of rotatable bonds is 8. The Morgan fingerprint density at radius 2 is 2.05 bits per heavy atom.